The first kappa shape index (κ1) is 21.2. The summed E-state index contributed by atoms with van der Waals surface area (Å²) in [6.45, 7) is -0.127. The van der Waals surface area contributed by atoms with Crippen molar-refractivity contribution in [3.8, 4) is 0 Å². The third-order valence-corrected chi connectivity index (χ3v) is 5.09. The summed E-state index contributed by atoms with van der Waals surface area (Å²) in [5, 5.41) is 12.9. The molecule has 11 heteroatoms. The molecule has 9 nitrogen and oxygen atoms in total. The average Bonchev–Trinajstić information content (AvgIpc) is 3.19. The van der Waals surface area contributed by atoms with Gasteiger partial charge in [-0.3, -0.25) is 25.6 Å². The van der Waals surface area contributed by atoms with E-state index in [9.17, 15) is 19.2 Å². The van der Waals surface area contributed by atoms with Crippen molar-refractivity contribution in [3.05, 3.63) is 5.82 Å². The average molecular weight is 400 g/mol. The highest BCUT2D eigenvalue weighted by atomic mass is 32.2. The molecule has 1 aromatic rings. The molecule has 1 atom stereocenters. The summed E-state index contributed by atoms with van der Waals surface area (Å²) in [6, 6.07) is 0. The number of carbonyl (C=O) groups excluding carboxylic acids is 2. The van der Waals surface area contributed by atoms with E-state index in [1.54, 1.807) is 6.26 Å². The molecule has 0 saturated heterocycles. The molecule has 1 aliphatic carbocycles. The van der Waals surface area contributed by atoms with Crippen LogP contribution in [0.1, 0.15) is 32.1 Å². The van der Waals surface area contributed by atoms with Crippen LogP contribution >= 0.6 is 11.8 Å². The largest absolute Gasteiger partial charge is 0.371 e. The Bertz CT molecular complexity index is 659. The number of carbonyl (C=O) groups is 2. The number of aromatic nitrogens is 2. The maximum absolute atomic E-state index is 14.3. The van der Waals surface area contributed by atoms with Crippen molar-refractivity contribution in [2.24, 2.45) is 11.8 Å². The van der Waals surface area contributed by atoms with Gasteiger partial charge in [0.25, 0.3) is 0 Å². The Morgan fingerprint density at radius 2 is 2.07 bits per heavy atom. The summed E-state index contributed by atoms with van der Waals surface area (Å²) < 4.78 is 14.3. The van der Waals surface area contributed by atoms with Crippen molar-refractivity contribution >= 4 is 35.7 Å². The lowest BCUT2D eigenvalue weighted by atomic mass is 9.92. The van der Waals surface area contributed by atoms with Crippen molar-refractivity contribution < 1.29 is 19.2 Å². The minimum atomic E-state index is -0.723. The molecule has 4 N–H and O–H groups in total. The highest BCUT2D eigenvalue weighted by Gasteiger charge is 2.27. The van der Waals surface area contributed by atoms with Crippen LogP contribution in [0, 0.1) is 17.7 Å². The third kappa shape index (κ3) is 5.93. The lowest BCUT2D eigenvalue weighted by molar-refractivity contribution is -0.154. The number of hydrogen-bond donors (Lipinski definition) is 4. The topological polar surface area (TPSA) is 119 Å². The fraction of sp³-hybridized carbons (Fsp3) is 0.625. The smallest absolute Gasteiger partial charge is 0.243 e. The van der Waals surface area contributed by atoms with Gasteiger partial charge in [-0.15, -0.1) is 0 Å². The van der Waals surface area contributed by atoms with E-state index in [0.717, 1.165) is 25.7 Å². The van der Waals surface area contributed by atoms with E-state index in [2.05, 4.69) is 26.1 Å². The molecule has 0 spiro atoms. The number of nitrogens with zero attached hydrogens (tertiary/aromatic N) is 3. The first-order chi connectivity index (χ1) is 13.0. The van der Waals surface area contributed by atoms with Crippen LogP contribution in [0.25, 0.3) is 0 Å². The molecule has 2 amide bonds. The molecule has 0 bridgehead atoms. The van der Waals surface area contributed by atoms with Gasteiger partial charge in [0.05, 0.1) is 12.5 Å². The van der Waals surface area contributed by atoms with Gasteiger partial charge in [0.1, 0.15) is 0 Å². The number of halogens is 1. The van der Waals surface area contributed by atoms with Gasteiger partial charge in [-0.1, -0.05) is 37.4 Å². The van der Waals surface area contributed by atoms with E-state index < -0.39 is 17.6 Å². The van der Waals surface area contributed by atoms with Crippen LogP contribution in [-0.4, -0.2) is 52.4 Å². The normalized spacial score (nSPS) is 15.3. The molecule has 0 unspecified atom stereocenters. The first-order valence-electron chi connectivity index (χ1n) is 8.74. The van der Waals surface area contributed by atoms with Crippen molar-refractivity contribution in [1.82, 2.24) is 20.5 Å². The maximum Gasteiger partial charge on any atom is 0.243 e. The second kappa shape index (κ2) is 10.3. The predicted octanol–water partition coefficient (Wildman–Crippen LogP) is 1.87. The quantitative estimate of drug-likeness (QED) is 0.154. The van der Waals surface area contributed by atoms with Crippen LogP contribution in [-0.2, 0) is 9.59 Å². The molecule has 1 aliphatic rings. The van der Waals surface area contributed by atoms with Gasteiger partial charge >= 0.3 is 0 Å². The number of nitrogens with one attached hydrogen (secondary N) is 3. The molecule has 1 aromatic heterocycles. The van der Waals surface area contributed by atoms with Crippen molar-refractivity contribution in [1.29, 1.82) is 0 Å². The lowest BCUT2D eigenvalue weighted by Crippen LogP contribution is -2.41. The number of thioether (sulfide) groups is 1. The van der Waals surface area contributed by atoms with E-state index in [1.165, 1.54) is 18.8 Å². The van der Waals surface area contributed by atoms with Gasteiger partial charge in [-0.25, -0.2) is 15.0 Å². The van der Waals surface area contributed by atoms with Gasteiger partial charge in [0.2, 0.25) is 18.1 Å². The van der Waals surface area contributed by atoms with Crippen LogP contribution < -0.4 is 16.2 Å². The zero-order valence-electron chi connectivity index (χ0n) is 15.4. The Morgan fingerprint density at radius 3 is 2.67 bits per heavy atom. The first-order valence-corrected chi connectivity index (χ1v) is 9.96. The van der Waals surface area contributed by atoms with Crippen molar-refractivity contribution in [2.75, 3.05) is 30.6 Å². The van der Waals surface area contributed by atoms with E-state index in [4.69, 9.17) is 0 Å². The summed E-state index contributed by atoms with van der Waals surface area (Å²) in [5.41, 5.74) is 4.93. The highest BCUT2D eigenvalue weighted by Crippen LogP contribution is 2.30. The molecule has 150 valence electrons. The predicted molar refractivity (Wildman–Crippen MR) is 99.7 cm³/mol. The number of anilines is 2. The van der Waals surface area contributed by atoms with Crippen LogP contribution in [0.3, 0.4) is 0 Å². The van der Waals surface area contributed by atoms with Crippen LogP contribution in [0.2, 0.25) is 0 Å². The van der Waals surface area contributed by atoms with E-state index in [0.29, 0.717) is 22.6 Å². The number of amides is 2. The molecule has 2 rings (SSSR count). The Morgan fingerprint density at radius 1 is 1.41 bits per heavy atom. The molecule has 27 heavy (non-hydrogen) atoms. The zero-order chi connectivity index (χ0) is 19.8. The zero-order valence-corrected chi connectivity index (χ0v) is 16.2. The molecular formula is C16H25FN6O3S. The Kier molecular flexibility index (Phi) is 8.04. The monoisotopic (exact) mass is 400 g/mol. The molecule has 0 radical (unpaired) electrons. The molecular weight excluding hydrogens is 375 g/mol. The summed E-state index contributed by atoms with van der Waals surface area (Å²) in [6.07, 6.45) is 6.83. The summed E-state index contributed by atoms with van der Waals surface area (Å²) in [4.78, 5) is 31.3. The molecule has 1 fully saturated rings. The molecule has 0 aliphatic heterocycles. The van der Waals surface area contributed by atoms with E-state index in [1.807, 2.05) is 0 Å². The van der Waals surface area contributed by atoms with Crippen molar-refractivity contribution in [3.63, 3.8) is 0 Å². The number of hydroxylamine groups is 2. The fourth-order valence-corrected chi connectivity index (χ4v) is 3.54. The minimum Gasteiger partial charge on any atom is -0.371 e. The maximum atomic E-state index is 14.3. The summed E-state index contributed by atoms with van der Waals surface area (Å²) in [7, 11) is 1.53. The molecule has 1 saturated carbocycles. The standard InChI is InChI=1S/C16H25FN6O3S/c1-18-13-12(17)14(20-16(19-13)27-2)21-22-15(25)11(8-23(26)9-24)7-10-5-3-4-6-10/h9-11,26H,3-8H2,1-2H3,(H,22,25)(H2,18,19,20,21)/t11-/m0/s1. The second-order valence-electron chi connectivity index (χ2n) is 6.40. The van der Waals surface area contributed by atoms with Gasteiger partial charge in [0.15, 0.2) is 16.8 Å². The third-order valence-electron chi connectivity index (χ3n) is 4.55. The SMILES string of the molecule is CNc1nc(SC)nc(NNC(=O)[C@@H](CC2CCCC2)CN(O)C=O)c1F. The summed E-state index contributed by atoms with van der Waals surface area (Å²) in [5.74, 6) is -1.57. The van der Waals surface area contributed by atoms with Gasteiger partial charge < -0.3 is 5.32 Å². The van der Waals surface area contributed by atoms with Crippen LogP contribution in [0.5, 0.6) is 0 Å². The van der Waals surface area contributed by atoms with Gasteiger partial charge in [-0.05, 0) is 18.6 Å². The summed E-state index contributed by atoms with van der Waals surface area (Å²) >= 11 is 1.23. The van der Waals surface area contributed by atoms with E-state index >= 15 is 0 Å². The highest BCUT2D eigenvalue weighted by molar-refractivity contribution is 7.98. The molecule has 0 aromatic carbocycles. The van der Waals surface area contributed by atoms with Crippen LogP contribution in [0.4, 0.5) is 16.0 Å². The Labute approximate surface area is 161 Å². The number of hydrazine groups is 1. The molecule has 1 heterocycles. The van der Waals surface area contributed by atoms with Crippen molar-refractivity contribution in [2.45, 2.75) is 37.3 Å². The lowest BCUT2D eigenvalue weighted by Gasteiger charge is -2.22. The number of rotatable bonds is 10. The van der Waals surface area contributed by atoms with Gasteiger partial charge in [0, 0.05) is 7.05 Å². The second-order valence-corrected chi connectivity index (χ2v) is 7.17. The van der Waals surface area contributed by atoms with E-state index in [-0.39, 0.29) is 24.6 Å². The fourth-order valence-electron chi connectivity index (χ4n) is 3.17. The van der Waals surface area contributed by atoms with Crippen LogP contribution in [0.15, 0.2) is 5.16 Å². The Balaban J connectivity index is 2.06. The Hall–Kier alpha value is -2.14. The number of hydrogen-bond acceptors (Lipinski definition) is 8. The van der Waals surface area contributed by atoms with Gasteiger partial charge in [-0.2, -0.15) is 4.39 Å². The minimum absolute atomic E-state index is 0.0103.